The van der Waals surface area contributed by atoms with Crippen LogP contribution in [0.4, 0.5) is 0 Å². The van der Waals surface area contributed by atoms with Gasteiger partial charge in [-0.05, 0) is 20.3 Å². The third-order valence-electron chi connectivity index (χ3n) is 2.43. The van der Waals surface area contributed by atoms with Crippen LogP contribution >= 0.6 is 0 Å². The average Bonchev–Trinajstić information content (AvgIpc) is 2.13. The number of carbonyl (C=O) groups excluding carboxylic acids is 1. The summed E-state index contributed by atoms with van der Waals surface area (Å²) in [5.74, 6) is 0.123. The largest absolute Gasteiger partial charge is 0.373 e. The van der Waals surface area contributed by atoms with Crippen LogP contribution in [-0.2, 0) is 9.53 Å². The summed E-state index contributed by atoms with van der Waals surface area (Å²) in [6, 6.07) is 0. The van der Waals surface area contributed by atoms with Crippen LogP contribution in [-0.4, -0.2) is 49.2 Å². The topological polar surface area (TPSA) is 41.6 Å². The third kappa shape index (κ3) is 4.62. The highest BCUT2D eigenvalue weighted by Gasteiger charge is 2.23. The van der Waals surface area contributed by atoms with Crippen molar-refractivity contribution in [1.29, 1.82) is 0 Å². The summed E-state index contributed by atoms with van der Waals surface area (Å²) in [5, 5.41) is 2.89. The molecule has 0 aliphatic carbocycles. The highest BCUT2D eigenvalue weighted by Crippen LogP contribution is 2.09. The summed E-state index contributed by atoms with van der Waals surface area (Å²) in [6.45, 7) is 9.12. The molecule has 1 aliphatic heterocycles. The zero-order valence-electron chi connectivity index (χ0n) is 9.95. The number of morpholine rings is 1. The lowest BCUT2D eigenvalue weighted by molar-refractivity contribution is -0.125. The van der Waals surface area contributed by atoms with Gasteiger partial charge in [0.05, 0.1) is 18.8 Å². The van der Waals surface area contributed by atoms with Gasteiger partial charge in [-0.2, -0.15) is 0 Å². The lowest BCUT2D eigenvalue weighted by atomic mass is 10.2. The van der Waals surface area contributed by atoms with Crippen molar-refractivity contribution < 1.29 is 9.53 Å². The second-order valence-corrected chi connectivity index (χ2v) is 4.30. The summed E-state index contributed by atoms with van der Waals surface area (Å²) < 4.78 is 5.61. The van der Waals surface area contributed by atoms with Crippen LogP contribution in [0, 0.1) is 0 Å². The third-order valence-corrected chi connectivity index (χ3v) is 2.43. The number of nitrogens with zero attached hydrogens (tertiary/aromatic N) is 1. The van der Waals surface area contributed by atoms with E-state index in [1.54, 1.807) is 0 Å². The minimum Gasteiger partial charge on any atom is -0.373 e. The first-order chi connectivity index (χ1) is 7.11. The summed E-state index contributed by atoms with van der Waals surface area (Å²) in [7, 11) is 0. The highest BCUT2D eigenvalue weighted by atomic mass is 16.5. The number of nitrogens with one attached hydrogen (secondary N) is 1. The molecule has 0 aromatic carbocycles. The van der Waals surface area contributed by atoms with Crippen LogP contribution in [0.1, 0.15) is 27.2 Å². The Bertz CT molecular complexity index is 199. The van der Waals surface area contributed by atoms with E-state index >= 15 is 0 Å². The van der Waals surface area contributed by atoms with Crippen molar-refractivity contribution in [2.45, 2.75) is 39.4 Å². The zero-order chi connectivity index (χ0) is 11.3. The first kappa shape index (κ1) is 12.5. The predicted molar refractivity (Wildman–Crippen MR) is 59.7 cm³/mol. The van der Waals surface area contributed by atoms with Gasteiger partial charge in [0.15, 0.2) is 0 Å². The van der Waals surface area contributed by atoms with Crippen LogP contribution in [0.25, 0.3) is 0 Å². The zero-order valence-corrected chi connectivity index (χ0v) is 9.95. The Balaban J connectivity index is 2.27. The molecule has 15 heavy (non-hydrogen) atoms. The fraction of sp³-hybridized carbons (Fsp3) is 0.909. The molecule has 1 amide bonds. The molecule has 2 unspecified atom stereocenters. The maximum Gasteiger partial charge on any atom is 0.234 e. The van der Waals surface area contributed by atoms with Crippen LogP contribution in [0.3, 0.4) is 0 Å². The Morgan fingerprint density at radius 3 is 2.53 bits per heavy atom. The Morgan fingerprint density at radius 2 is 2.00 bits per heavy atom. The van der Waals surface area contributed by atoms with Crippen molar-refractivity contribution in [3.8, 4) is 0 Å². The van der Waals surface area contributed by atoms with E-state index in [-0.39, 0.29) is 18.1 Å². The molecule has 1 heterocycles. The van der Waals surface area contributed by atoms with E-state index in [0.29, 0.717) is 6.54 Å². The molecule has 0 aromatic heterocycles. The van der Waals surface area contributed by atoms with Gasteiger partial charge in [0.1, 0.15) is 0 Å². The van der Waals surface area contributed by atoms with Gasteiger partial charge in [-0.1, -0.05) is 6.92 Å². The minimum atomic E-state index is 0.123. The van der Waals surface area contributed by atoms with Gasteiger partial charge < -0.3 is 10.1 Å². The highest BCUT2D eigenvalue weighted by molar-refractivity contribution is 5.77. The minimum absolute atomic E-state index is 0.123. The molecule has 1 aliphatic rings. The summed E-state index contributed by atoms with van der Waals surface area (Å²) in [6.07, 6.45) is 1.45. The van der Waals surface area contributed by atoms with Crippen molar-refractivity contribution in [1.82, 2.24) is 10.2 Å². The van der Waals surface area contributed by atoms with E-state index < -0.39 is 0 Å². The quantitative estimate of drug-likeness (QED) is 0.746. The Kier molecular flexibility index (Phi) is 5.05. The summed E-state index contributed by atoms with van der Waals surface area (Å²) in [4.78, 5) is 13.6. The van der Waals surface area contributed by atoms with E-state index in [0.717, 1.165) is 26.1 Å². The number of amides is 1. The lowest BCUT2D eigenvalue weighted by Crippen LogP contribution is -2.49. The molecule has 2 atom stereocenters. The second-order valence-electron chi connectivity index (χ2n) is 4.30. The molecule has 88 valence electrons. The number of rotatable bonds is 4. The van der Waals surface area contributed by atoms with Crippen molar-refractivity contribution >= 4 is 5.91 Å². The summed E-state index contributed by atoms with van der Waals surface area (Å²) >= 11 is 0. The van der Waals surface area contributed by atoms with Gasteiger partial charge in [0, 0.05) is 19.6 Å². The first-order valence-electron chi connectivity index (χ1n) is 5.76. The molecule has 0 spiro atoms. The maximum atomic E-state index is 11.5. The van der Waals surface area contributed by atoms with Gasteiger partial charge in [0.2, 0.25) is 5.91 Å². The number of hydrogen-bond donors (Lipinski definition) is 1. The Hall–Kier alpha value is -0.610. The second kappa shape index (κ2) is 6.08. The molecule has 4 nitrogen and oxygen atoms in total. The molecule has 1 N–H and O–H groups in total. The molecular weight excluding hydrogens is 192 g/mol. The molecule has 1 saturated heterocycles. The Morgan fingerprint density at radius 1 is 1.40 bits per heavy atom. The van der Waals surface area contributed by atoms with Gasteiger partial charge in [-0.15, -0.1) is 0 Å². The van der Waals surface area contributed by atoms with Crippen LogP contribution in [0.15, 0.2) is 0 Å². The smallest absolute Gasteiger partial charge is 0.234 e. The molecule has 0 bridgehead atoms. The number of ether oxygens (including phenoxy) is 1. The molecule has 1 fully saturated rings. The monoisotopic (exact) mass is 214 g/mol. The van der Waals surface area contributed by atoms with Gasteiger partial charge in [-0.3, -0.25) is 9.69 Å². The van der Waals surface area contributed by atoms with E-state index in [4.69, 9.17) is 4.74 Å². The van der Waals surface area contributed by atoms with Crippen molar-refractivity contribution in [3.63, 3.8) is 0 Å². The first-order valence-corrected chi connectivity index (χ1v) is 5.76. The number of hydrogen-bond acceptors (Lipinski definition) is 3. The van der Waals surface area contributed by atoms with Crippen molar-refractivity contribution in [3.05, 3.63) is 0 Å². The standard InChI is InChI=1S/C11H22N2O2/c1-4-5-12-11(14)8-13-6-9(2)15-10(3)7-13/h9-10H,4-8H2,1-3H3,(H,12,14). The van der Waals surface area contributed by atoms with E-state index in [2.05, 4.69) is 17.1 Å². The fourth-order valence-corrected chi connectivity index (χ4v) is 1.94. The SMILES string of the molecule is CCCNC(=O)CN1CC(C)OC(C)C1. The van der Waals surface area contributed by atoms with Gasteiger partial charge in [-0.25, -0.2) is 0 Å². The predicted octanol–water partition coefficient (Wildman–Crippen LogP) is 0.622. The maximum absolute atomic E-state index is 11.5. The molecular formula is C11H22N2O2. The van der Waals surface area contributed by atoms with E-state index in [9.17, 15) is 4.79 Å². The molecule has 0 saturated carbocycles. The normalized spacial score (nSPS) is 27.7. The van der Waals surface area contributed by atoms with Crippen molar-refractivity contribution in [2.24, 2.45) is 0 Å². The summed E-state index contributed by atoms with van der Waals surface area (Å²) in [5.41, 5.74) is 0. The van der Waals surface area contributed by atoms with E-state index in [1.807, 2.05) is 13.8 Å². The lowest BCUT2D eigenvalue weighted by Gasteiger charge is -2.34. The van der Waals surface area contributed by atoms with Crippen LogP contribution in [0.5, 0.6) is 0 Å². The molecule has 0 radical (unpaired) electrons. The molecule has 0 aromatic rings. The molecule has 1 rings (SSSR count). The fourth-order valence-electron chi connectivity index (χ4n) is 1.94. The Labute approximate surface area is 92.0 Å². The van der Waals surface area contributed by atoms with Crippen LogP contribution < -0.4 is 5.32 Å². The van der Waals surface area contributed by atoms with E-state index in [1.165, 1.54) is 0 Å². The van der Waals surface area contributed by atoms with Crippen molar-refractivity contribution in [2.75, 3.05) is 26.2 Å². The number of carbonyl (C=O) groups is 1. The van der Waals surface area contributed by atoms with Crippen LogP contribution in [0.2, 0.25) is 0 Å². The molecule has 4 heteroatoms. The average molecular weight is 214 g/mol. The van der Waals surface area contributed by atoms with Gasteiger partial charge in [0.25, 0.3) is 0 Å². The van der Waals surface area contributed by atoms with Gasteiger partial charge >= 0.3 is 0 Å².